The molecule has 1 heterocycles. The van der Waals surface area contributed by atoms with Gasteiger partial charge in [-0.3, -0.25) is 14.4 Å². The van der Waals surface area contributed by atoms with Gasteiger partial charge in [0.05, 0.1) is 23.0 Å². The largest absolute Gasteiger partial charge is 0.368 e. The number of rotatable bonds is 6. The van der Waals surface area contributed by atoms with Gasteiger partial charge in [-0.25, -0.2) is 8.78 Å². The zero-order valence-electron chi connectivity index (χ0n) is 24.2. The Morgan fingerprint density at radius 2 is 1.48 bits per heavy atom. The minimum Gasteiger partial charge on any atom is -0.368 e. The molecule has 0 unspecified atom stereocenters. The van der Waals surface area contributed by atoms with Gasteiger partial charge in [0.2, 0.25) is 0 Å². The summed E-state index contributed by atoms with van der Waals surface area (Å²) in [5.41, 5.74) is 8.21. The number of anilines is 2. The molecule has 0 atom stereocenters. The number of carbonyl (C=O) groups is 3. The number of nitrogens with one attached hydrogen (secondary N) is 2. The minimum absolute atomic E-state index is 0.00689. The van der Waals surface area contributed by atoms with E-state index >= 15 is 0 Å². The summed E-state index contributed by atoms with van der Waals surface area (Å²) in [5.74, 6) is -3.28. The van der Waals surface area contributed by atoms with Crippen molar-refractivity contribution in [3.63, 3.8) is 0 Å². The summed E-state index contributed by atoms with van der Waals surface area (Å²) in [6.07, 6.45) is 3.88. The standard InChI is InChI=1S/C33H34F2N6O3/c34-27-12-6-23(18-28(27)35)32(43)39-29-19-24(31(42)38-26-10-8-25(37)9-11-26)7-13-30(29)40-14-1-15-41(17-16-40)33(44)22-4-2-21(20-36)3-5-22/h2-7,12-13,18-19,25-26H,1,8-11,14-17,37H2,(H,38,42)(H,39,43). The second-order valence-corrected chi connectivity index (χ2v) is 11.2. The van der Waals surface area contributed by atoms with Gasteiger partial charge in [-0.05, 0) is 92.8 Å². The Hall–Kier alpha value is -4.82. The van der Waals surface area contributed by atoms with Gasteiger partial charge < -0.3 is 26.2 Å². The Kier molecular flexibility index (Phi) is 9.50. The van der Waals surface area contributed by atoms with Gasteiger partial charge in [0.15, 0.2) is 11.6 Å². The normalized spacial score (nSPS) is 18.6. The van der Waals surface area contributed by atoms with Gasteiger partial charge in [-0.15, -0.1) is 0 Å². The average molecular weight is 601 g/mol. The molecular formula is C33H34F2N6O3. The van der Waals surface area contributed by atoms with E-state index in [0.717, 1.165) is 37.8 Å². The maximum Gasteiger partial charge on any atom is 0.255 e. The van der Waals surface area contributed by atoms with Crippen LogP contribution in [0.5, 0.6) is 0 Å². The molecule has 2 aliphatic rings. The fourth-order valence-corrected chi connectivity index (χ4v) is 5.65. The second kappa shape index (κ2) is 13.7. The number of carbonyl (C=O) groups excluding carboxylic acids is 3. The van der Waals surface area contributed by atoms with Crippen LogP contribution in [0.25, 0.3) is 0 Å². The first-order valence-electron chi connectivity index (χ1n) is 14.7. The predicted octanol–water partition coefficient (Wildman–Crippen LogP) is 4.44. The van der Waals surface area contributed by atoms with Crippen molar-refractivity contribution in [2.45, 2.75) is 44.2 Å². The Bertz CT molecular complexity index is 1580. The fraction of sp³-hybridized carbons (Fsp3) is 0.333. The molecule has 9 nitrogen and oxygen atoms in total. The molecule has 0 aromatic heterocycles. The molecule has 228 valence electrons. The summed E-state index contributed by atoms with van der Waals surface area (Å²) < 4.78 is 27.4. The van der Waals surface area contributed by atoms with E-state index in [1.54, 1.807) is 47.4 Å². The monoisotopic (exact) mass is 600 g/mol. The third-order valence-electron chi connectivity index (χ3n) is 8.18. The van der Waals surface area contributed by atoms with E-state index in [1.165, 1.54) is 6.07 Å². The number of nitrogens with two attached hydrogens (primary N) is 1. The summed E-state index contributed by atoms with van der Waals surface area (Å²) in [6.45, 7) is 1.93. The summed E-state index contributed by atoms with van der Waals surface area (Å²) in [5, 5.41) is 14.9. The second-order valence-electron chi connectivity index (χ2n) is 11.2. The minimum atomic E-state index is -1.14. The van der Waals surface area contributed by atoms with Crippen LogP contribution in [0.15, 0.2) is 60.7 Å². The maximum atomic E-state index is 13.9. The molecule has 0 radical (unpaired) electrons. The molecule has 1 saturated carbocycles. The van der Waals surface area contributed by atoms with Crippen molar-refractivity contribution in [2.24, 2.45) is 5.73 Å². The van der Waals surface area contributed by atoms with Crippen molar-refractivity contribution in [2.75, 3.05) is 36.4 Å². The van der Waals surface area contributed by atoms with E-state index in [4.69, 9.17) is 11.0 Å². The maximum absolute atomic E-state index is 13.9. The van der Waals surface area contributed by atoms with E-state index in [2.05, 4.69) is 10.6 Å². The van der Waals surface area contributed by atoms with E-state index < -0.39 is 17.5 Å². The molecule has 3 amide bonds. The van der Waals surface area contributed by atoms with Gasteiger partial charge in [0, 0.05) is 55.0 Å². The van der Waals surface area contributed by atoms with Gasteiger partial charge in [0.25, 0.3) is 17.7 Å². The topological polar surface area (TPSA) is 132 Å². The third-order valence-corrected chi connectivity index (χ3v) is 8.18. The van der Waals surface area contributed by atoms with Crippen molar-refractivity contribution < 1.29 is 23.2 Å². The first-order valence-corrected chi connectivity index (χ1v) is 14.7. The molecule has 44 heavy (non-hydrogen) atoms. The van der Waals surface area contributed by atoms with Crippen LogP contribution in [0, 0.1) is 23.0 Å². The van der Waals surface area contributed by atoms with Gasteiger partial charge in [0.1, 0.15) is 0 Å². The van der Waals surface area contributed by atoms with Crippen molar-refractivity contribution >= 4 is 29.1 Å². The highest BCUT2D eigenvalue weighted by Crippen LogP contribution is 2.30. The quantitative estimate of drug-likeness (QED) is 0.384. The van der Waals surface area contributed by atoms with Crippen LogP contribution in [0.4, 0.5) is 20.2 Å². The molecule has 2 fully saturated rings. The molecule has 3 aromatic carbocycles. The van der Waals surface area contributed by atoms with Crippen LogP contribution in [-0.4, -0.2) is 60.9 Å². The van der Waals surface area contributed by atoms with E-state index in [1.807, 2.05) is 11.0 Å². The number of nitriles is 1. The summed E-state index contributed by atoms with van der Waals surface area (Å²) in [6, 6.07) is 16.6. The van der Waals surface area contributed by atoms with Crippen LogP contribution in [-0.2, 0) is 0 Å². The van der Waals surface area contributed by atoms with Crippen LogP contribution in [0.1, 0.15) is 68.7 Å². The van der Waals surface area contributed by atoms with Crippen molar-refractivity contribution in [1.82, 2.24) is 10.2 Å². The highest BCUT2D eigenvalue weighted by molar-refractivity contribution is 6.07. The number of amides is 3. The molecule has 1 aliphatic carbocycles. The zero-order valence-corrected chi connectivity index (χ0v) is 24.2. The molecule has 1 saturated heterocycles. The summed E-state index contributed by atoms with van der Waals surface area (Å²) >= 11 is 0. The highest BCUT2D eigenvalue weighted by Gasteiger charge is 2.25. The predicted molar refractivity (Wildman–Crippen MR) is 162 cm³/mol. The Labute approximate surface area is 254 Å². The molecule has 0 spiro atoms. The zero-order chi connectivity index (χ0) is 31.2. The van der Waals surface area contributed by atoms with Crippen molar-refractivity contribution in [3.8, 4) is 6.07 Å². The molecule has 1 aliphatic heterocycles. The number of nitrogens with zero attached hydrogens (tertiary/aromatic N) is 3. The molecule has 5 rings (SSSR count). The first-order chi connectivity index (χ1) is 21.2. The highest BCUT2D eigenvalue weighted by atomic mass is 19.2. The molecule has 4 N–H and O–H groups in total. The number of hydrogen-bond acceptors (Lipinski definition) is 6. The van der Waals surface area contributed by atoms with E-state index in [9.17, 15) is 23.2 Å². The lowest BCUT2D eigenvalue weighted by atomic mass is 9.91. The lowest BCUT2D eigenvalue weighted by Crippen LogP contribution is -2.40. The van der Waals surface area contributed by atoms with Crippen LogP contribution in [0.2, 0.25) is 0 Å². The number of halogens is 2. The van der Waals surface area contributed by atoms with Crippen LogP contribution < -0.4 is 21.3 Å². The fourth-order valence-electron chi connectivity index (χ4n) is 5.65. The van der Waals surface area contributed by atoms with Gasteiger partial charge in [-0.1, -0.05) is 0 Å². The smallest absolute Gasteiger partial charge is 0.255 e. The average Bonchev–Trinajstić information content (AvgIpc) is 3.29. The summed E-state index contributed by atoms with van der Waals surface area (Å²) in [7, 11) is 0. The first kappa shape index (κ1) is 30.6. The van der Waals surface area contributed by atoms with Gasteiger partial charge >= 0.3 is 0 Å². The van der Waals surface area contributed by atoms with Crippen molar-refractivity contribution in [1.29, 1.82) is 5.26 Å². The molecule has 3 aromatic rings. The molecular weight excluding hydrogens is 566 g/mol. The van der Waals surface area contributed by atoms with Gasteiger partial charge in [-0.2, -0.15) is 5.26 Å². The van der Waals surface area contributed by atoms with E-state index in [-0.39, 0.29) is 29.5 Å². The lowest BCUT2D eigenvalue weighted by Gasteiger charge is -2.28. The summed E-state index contributed by atoms with van der Waals surface area (Å²) in [4.78, 5) is 43.3. The lowest BCUT2D eigenvalue weighted by molar-refractivity contribution is 0.0766. The Morgan fingerprint density at radius 3 is 2.18 bits per heavy atom. The molecule has 0 bridgehead atoms. The Morgan fingerprint density at radius 1 is 0.795 bits per heavy atom. The van der Waals surface area contributed by atoms with Crippen LogP contribution >= 0.6 is 0 Å². The van der Waals surface area contributed by atoms with Crippen molar-refractivity contribution in [3.05, 3.63) is 94.6 Å². The number of benzene rings is 3. The number of hydrogen-bond donors (Lipinski definition) is 3. The SMILES string of the molecule is N#Cc1ccc(C(=O)N2CCCN(c3ccc(C(=O)NC4CCC(N)CC4)cc3NC(=O)c3ccc(F)c(F)c3)CC2)cc1. The molecule has 11 heteroatoms. The van der Waals surface area contributed by atoms with E-state index in [0.29, 0.717) is 60.7 Å². The Balaban J connectivity index is 1.36. The van der Waals surface area contributed by atoms with Crippen LogP contribution in [0.3, 0.4) is 0 Å². The third kappa shape index (κ3) is 7.21.